The van der Waals surface area contributed by atoms with Crippen LogP contribution in [0.2, 0.25) is 0 Å². The first-order valence-corrected chi connectivity index (χ1v) is 11.6. The van der Waals surface area contributed by atoms with E-state index < -0.39 is 18.4 Å². The molecule has 7 nitrogen and oxygen atoms in total. The molecule has 11 heteroatoms. The number of carbonyl (C=O) groups excluding carboxylic acids is 1. The maximum Gasteiger partial charge on any atom is 0.425 e. The lowest BCUT2D eigenvalue weighted by Crippen LogP contribution is -2.44. The molecule has 1 aromatic heterocycles. The third kappa shape index (κ3) is 6.40. The van der Waals surface area contributed by atoms with Crippen molar-refractivity contribution in [3.63, 3.8) is 0 Å². The predicted molar refractivity (Wildman–Crippen MR) is 112 cm³/mol. The second kappa shape index (κ2) is 10.5. The van der Waals surface area contributed by atoms with Crippen molar-refractivity contribution in [1.29, 1.82) is 0 Å². The van der Waals surface area contributed by atoms with Gasteiger partial charge in [0, 0.05) is 42.0 Å². The zero-order valence-electron chi connectivity index (χ0n) is 18.1. The summed E-state index contributed by atoms with van der Waals surface area (Å²) in [5.41, 5.74) is 0.507. The molecule has 2 heterocycles. The van der Waals surface area contributed by atoms with Crippen molar-refractivity contribution in [2.24, 2.45) is 0 Å². The van der Waals surface area contributed by atoms with Crippen LogP contribution < -0.4 is 9.47 Å². The minimum absolute atomic E-state index is 0.0157. The largest absolute Gasteiger partial charge is 0.618 e. The molecule has 1 aliphatic heterocycles. The van der Waals surface area contributed by atoms with E-state index in [0.29, 0.717) is 42.0 Å². The lowest BCUT2D eigenvalue weighted by molar-refractivity contribution is -0.624. The van der Waals surface area contributed by atoms with Crippen molar-refractivity contribution in [1.82, 2.24) is 4.90 Å². The molecule has 180 valence electrons. The predicted octanol–water partition coefficient (Wildman–Crippen LogP) is 4.65. The Hall–Kier alpha value is -1.75. The van der Waals surface area contributed by atoms with Gasteiger partial charge < -0.3 is 24.3 Å². The van der Waals surface area contributed by atoms with Crippen LogP contribution in [0.3, 0.4) is 0 Å². The van der Waals surface area contributed by atoms with Crippen LogP contribution in [-0.2, 0) is 9.47 Å². The second-order valence-electron chi connectivity index (χ2n) is 8.31. The van der Waals surface area contributed by atoms with E-state index in [2.05, 4.69) is 20.7 Å². The number of ether oxygens (including phenoxy) is 3. The molecule has 1 aliphatic carbocycles. The van der Waals surface area contributed by atoms with Crippen molar-refractivity contribution in [2.45, 2.75) is 83.0 Å². The van der Waals surface area contributed by atoms with Gasteiger partial charge in [-0.05, 0) is 51.5 Å². The van der Waals surface area contributed by atoms with E-state index in [9.17, 15) is 23.2 Å². The number of piperidine rings is 1. The third-order valence-electron chi connectivity index (χ3n) is 5.97. The maximum atomic E-state index is 12.6. The van der Waals surface area contributed by atoms with Crippen molar-refractivity contribution in [2.75, 3.05) is 13.1 Å². The molecular weight excluding hydrogens is 497 g/mol. The van der Waals surface area contributed by atoms with Crippen molar-refractivity contribution in [3.8, 4) is 5.75 Å². The minimum Gasteiger partial charge on any atom is -0.618 e. The fourth-order valence-electron chi connectivity index (χ4n) is 3.92. The van der Waals surface area contributed by atoms with Gasteiger partial charge in [-0.3, -0.25) is 0 Å². The van der Waals surface area contributed by atoms with E-state index in [1.165, 1.54) is 4.90 Å². The molecule has 1 amide bonds. The summed E-state index contributed by atoms with van der Waals surface area (Å²) in [6, 6.07) is 3.45. The Morgan fingerprint density at radius 2 is 1.69 bits per heavy atom. The highest BCUT2D eigenvalue weighted by molar-refractivity contribution is 9.10. The summed E-state index contributed by atoms with van der Waals surface area (Å²) >= 11 is 3.19. The highest BCUT2D eigenvalue weighted by Crippen LogP contribution is 2.29. The number of rotatable bonds is 5. The molecule has 0 N–H and O–H groups in total. The van der Waals surface area contributed by atoms with Crippen LogP contribution >= 0.6 is 15.9 Å². The summed E-state index contributed by atoms with van der Waals surface area (Å²) in [5.74, 6) is 0.576. The van der Waals surface area contributed by atoms with Gasteiger partial charge in [0.05, 0.1) is 18.3 Å². The average Bonchev–Trinajstić information content (AvgIpc) is 2.75. The standard InChI is InChI=1S/C21H28BrF3N2O5/c1-13-18(7-8-19(22)27(13)29)32-16-5-3-15(4-6-16)31-17-9-11-26(12-10-17)20(28)30-14(2)21(23,24)25/h7-8,14-17H,3-6,9-12H2,1-2H3. The highest BCUT2D eigenvalue weighted by atomic mass is 79.9. The molecule has 1 saturated heterocycles. The van der Waals surface area contributed by atoms with Crippen molar-refractivity contribution in [3.05, 3.63) is 27.6 Å². The Kier molecular flexibility index (Phi) is 8.13. The van der Waals surface area contributed by atoms with Gasteiger partial charge in [-0.1, -0.05) is 0 Å². The van der Waals surface area contributed by atoms with Gasteiger partial charge in [0.1, 0.15) is 0 Å². The Morgan fingerprint density at radius 1 is 1.12 bits per heavy atom. The number of carbonyl (C=O) groups is 1. The smallest absolute Gasteiger partial charge is 0.425 e. The number of likely N-dealkylation sites (tertiary alicyclic amines) is 1. The zero-order chi connectivity index (χ0) is 23.5. The lowest BCUT2D eigenvalue weighted by Gasteiger charge is -2.36. The first kappa shape index (κ1) is 24.9. The Labute approximate surface area is 193 Å². The number of aromatic nitrogens is 1. The van der Waals surface area contributed by atoms with Gasteiger partial charge in [-0.15, -0.1) is 0 Å². The van der Waals surface area contributed by atoms with E-state index >= 15 is 0 Å². The summed E-state index contributed by atoms with van der Waals surface area (Å²) in [6.45, 7) is 3.16. The molecule has 1 unspecified atom stereocenters. The molecule has 1 atom stereocenters. The quantitative estimate of drug-likeness (QED) is 0.318. The zero-order valence-corrected chi connectivity index (χ0v) is 19.7. The molecule has 32 heavy (non-hydrogen) atoms. The molecule has 0 radical (unpaired) electrons. The van der Waals surface area contributed by atoms with E-state index in [0.717, 1.165) is 37.3 Å². The van der Waals surface area contributed by atoms with Gasteiger partial charge in [-0.2, -0.15) is 17.9 Å². The minimum atomic E-state index is -4.56. The first-order chi connectivity index (χ1) is 15.0. The maximum absolute atomic E-state index is 12.6. The van der Waals surface area contributed by atoms with Gasteiger partial charge >= 0.3 is 12.3 Å². The molecular formula is C21H28BrF3N2O5. The van der Waals surface area contributed by atoms with Crippen LogP contribution in [0.4, 0.5) is 18.0 Å². The summed E-state index contributed by atoms with van der Waals surface area (Å²) in [5, 5.41) is 12.0. The number of halogens is 4. The van der Waals surface area contributed by atoms with Gasteiger partial charge in [0.2, 0.25) is 5.69 Å². The van der Waals surface area contributed by atoms with Gasteiger partial charge in [0.15, 0.2) is 11.9 Å². The van der Waals surface area contributed by atoms with Crippen molar-refractivity contribution < 1.29 is 36.9 Å². The number of hydrogen-bond acceptors (Lipinski definition) is 5. The summed E-state index contributed by atoms with van der Waals surface area (Å²) in [4.78, 5) is 13.2. The number of nitrogens with zero attached hydrogens (tertiary/aromatic N) is 2. The molecule has 0 bridgehead atoms. The Morgan fingerprint density at radius 3 is 2.28 bits per heavy atom. The van der Waals surface area contributed by atoms with Crippen LogP contribution in [0.1, 0.15) is 51.1 Å². The van der Waals surface area contributed by atoms with Crippen LogP contribution in [0.25, 0.3) is 0 Å². The third-order valence-corrected chi connectivity index (χ3v) is 6.55. The van der Waals surface area contributed by atoms with Crippen molar-refractivity contribution >= 4 is 22.0 Å². The summed E-state index contributed by atoms with van der Waals surface area (Å²) < 4.78 is 55.6. The number of amides is 1. The molecule has 2 fully saturated rings. The molecule has 0 spiro atoms. The van der Waals surface area contributed by atoms with Gasteiger partial charge in [0.25, 0.3) is 4.60 Å². The fraction of sp³-hybridized carbons (Fsp3) is 0.714. The highest BCUT2D eigenvalue weighted by Gasteiger charge is 2.40. The van der Waals surface area contributed by atoms with Gasteiger partial charge in [-0.25, -0.2) is 4.79 Å². The van der Waals surface area contributed by atoms with Crippen LogP contribution in [-0.4, -0.2) is 54.7 Å². The monoisotopic (exact) mass is 524 g/mol. The lowest BCUT2D eigenvalue weighted by atomic mass is 9.94. The first-order valence-electron chi connectivity index (χ1n) is 10.8. The topological polar surface area (TPSA) is 74.9 Å². The van der Waals surface area contributed by atoms with Crippen LogP contribution in [0.5, 0.6) is 5.75 Å². The second-order valence-corrected chi connectivity index (χ2v) is 9.12. The van der Waals surface area contributed by atoms with E-state index in [-0.39, 0.29) is 18.3 Å². The molecule has 1 aromatic rings. The molecule has 3 rings (SSSR count). The molecule has 2 aliphatic rings. The van der Waals surface area contributed by atoms with Crippen LogP contribution in [0.15, 0.2) is 16.7 Å². The molecule has 0 aromatic carbocycles. The number of hydrogen-bond donors (Lipinski definition) is 0. The normalized spacial score (nSPS) is 23.6. The number of alkyl halides is 3. The van der Waals surface area contributed by atoms with E-state index in [4.69, 9.17) is 9.47 Å². The number of pyridine rings is 1. The molecule has 1 saturated carbocycles. The fourth-order valence-corrected chi connectivity index (χ4v) is 4.32. The Balaban J connectivity index is 1.38. The summed E-state index contributed by atoms with van der Waals surface area (Å²) in [7, 11) is 0. The van der Waals surface area contributed by atoms with Crippen LogP contribution in [0, 0.1) is 12.1 Å². The Bertz CT molecular complexity index is 794. The van der Waals surface area contributed by atoms with E-state index in [1.54, 1.807) is 19.1 Å². The SMILES string of the molecule is Cc1c(OC2CCC(OC3CCN(C(=O)OC(C)C(F)(F)F)CC3)CC2)ccc(Br)[n+]1[O-]. The summed E-state index contributed by atoms with van der Waals surface area (Å²) in [6.07, 6.45) is -3.18. The average molecular weight is 525 g/mol. The van der Waals surface area contributed by atoms with E-state index in [1.807, 2.05) is 0 Å².